The van der Waals surface area contributed by atoms with E-state index in [1.165, 1.54) is 19.3 Å². The van der Waals surface area contributed by atoms with Crippen molar-refractivity contribution in [2.24, 2.45) is 11.8 Å². The predicted molar refractivity (Wildman–Crippen MR) is 79.6 cm³/mol. The Morgan fingerprint density at radius 3 is 2.81 bits per heavy atom. The topological polar surface area (TPSA) is 53.4 Å². The number of pyridine rings is 1. The van der Waals surface area contributed by atoms with Gasteiger partial charge in [0.25, 0.3) is 5.91 Å². The number of carbonyl (C=O) groups excluding carboxylic acids is 1. The lowest BCUT2D eigenvalue weighted by molar-refractivity contribution is 0.0780. The molecule has 3 rings (SSSR count). The lowest BCUT2D eigenvalue weighted by atomic mass is 10.0. The van der Waals surface area contributed by atoms with E-state index in [1.807, 2.05) is 4.90 Å². The van der Waals surface area contributed by atoms with Crippen LogP contribution in [0, 0.1) is 23.7 Å². The summed E-state index contributed by atoms with van der Waals surface area (Å²) in [5.74, 6) is 7.26. The summed E-state index contributed by atoms with van der Waals surface area (Å²) in [6, 6.07) is 1.80. The van der Waals surface area contributed by atoms with Crippen LogP contribution in [0.5, 0.6) is 0 Å². The van der Waals surface area contributed by atoms with E-state index < -0.39 is 0 Å². The third-order valence-electron chi connectivity index (χ3n) is 4.47. The smallest absolute Gasteiger partial charge is 0.255 e. The number of likely N-dealkylation sites (tertiary alicyclic amines) is 1. The fourth-order valence-electron chi connectivity index (χ4n) is 3.43. The van der Waals surface area contributed by atoms with Gasteiger partial charge >= 0.3 is 0 Å². The Labute approximate surface area is 125 Å². The Kier molecular flexibility index (Phi) is 4.21. The van der Waals surface area contributed by atoms with Gasteiger partial charge in [0, 0.05) is 37.5 Å². The van der Waals surface area contributed by atoms with E-state index in [0.29, 0.717) is 23.8 Å². The van der Waals surface area contributed by atoms with E-state index in [4.69, 9.17) is 5.11 Å². The summed E-state index contributed by atoms with van der Waals surface area (Å²) in [4.78, 5) is 18.6. The van der Waals surface area contributed by atoms with E-state index >= 15 is 0 Å². The zero-order valence-corrected chi connectivity index (χ0v) is 12.1. The van der Waals surface area contributed by atoms with Gasteiger partial charge in [0.1, 0.15) is 0 Å². The SMILES string of the molecule is O=C(c1cncc(C#CCCO)c1)N1CC2CCCC2C1. The third kappa shape index (κ3) is 3.08. The molecule has 2 heterocycles. The summed E-state index contributed by atoms with van der Waals surface area (Å²) in [5.41, 5.74) is 1.35. The number of fused-ring (bicyclic) bond motifs is 1. The third-order valence-corrected chi connectivity index (χ3v) is 4.47. The molecule has 1 saturated carbocycles. The normalized spacial score (nSPS) is 23.6. The van der Waals surface area contributed by atoms with Crippen molar-refractivity contribution in [1.29, 1.82) is 0 Å². The van der Waals surface area contributed by atoms with Gasteiger partial charge in [-0.05, 0) is 30.7 Å². The zero-order valence-electron chi connectivity index (χ0n) is 12.1. The predicted octanol–water partition coefficient (Wildman–Crippen LogP) is 1.69. The molecule has 1 aliphatic heterocycles. The maximum Gasteiger partial charge on any atom is 0.255 e. The summed E-state index contributed by atoms with van der Waals surface area (Å²) < 4.78 is 0. The second kappa shape index (κ2) is 6.28. The number of hydrogen-bond donors (Lipinski definition) is 1. The van der Waals surface area contributed by atoms with Gasteiger partial charge in [0.2, 0.25) is 0 Å². The van der Waals surface area contributed by atoms with Crippen LogP contribution < -0.4 is 0 Å². The van der Waals surface area contributed by atoms with Gasteiger partial charge in [-0.1, -0.05) is 18.3 Å². The fraction of sp³-hybridized carbons (Fsp3) is 0.529. The maximum atomic E-state index is 12.6. The Balaban J connectivity index is 1.70. The lowest BCUT2D eigenvalue weighted by Crippen LogP contribution is -2.29. The Morgan fingerprint density at radius 1 is 1.33 bits per heavy atom. The second-order valence-corrected chi connectivity index (χ2v) is 5.90. The van der Waals surface area contributed by atoms with Crippen LogP contribution in [0.15, 0.2) is 18.5 Å². The highest BCUT2D eigenvalue weighted by Crippen LogP contribution is 2.38. The highest BCUT2D eigenvalue weighted by Gasteiger charge is 2.38. The standard InChI is InChI=1S/C17H20N2O2/c20-7-2-1-4-13-8-16(10-18-9-13)17(21)19-11-14-5-3-6-15(14)12-19/h8-10,14-15,20H,2-3,5-7,11-12H2. The number of aliphatic hydroxyl groups is 1. The summed E-state index contributed by atoms with van der Waals surface area (Å²) >= 11 is 0. The summed E-state index contributed by atoms with van der Waals surface area (Å²) in [7, 11) is 0. The molecular formula is C17H20N2O2. The van der Waals surface area contributed by atoms with Crippen molar-refractivity contribution in [1.82, 2.24) is 9.88 Å². The number of amides is 1. The molecule has 2 unspecified atom stereocenters. The van der Waals surface area contributed by atoms with E-state index in [2.05, 4.69) is 16.8 Å². The minimum Gasteiger partial charge on any atom is -0.395 e. The number of nitrogens with zero attached hydrogens (tertiary/aromatic N) is 2. The molecule has 2 fully saturated rings. The Hall–Kier alpha value is -1.86. The maximum absolute atomic E-state index is 12.6. The largest absolute Gasteiger partial charge is 0.395 e. The molecule has 1 aromatic heterocycles. The minimum absolute atomic E-state index is 0.0512. The number of aliphatic hydroxyl groups excluding tert-OH is 1. The zero-order chi connectivity index (χ0) is 14.7. The van der Waals surface area contributed by atoms with Crippen LogP contribution in [-0.4, -0.2) is 40.6 Å². The quantitative estimate of drug-likeness (QED) is 0.841. The van der Waals surface area contributed by atoms with Crippen molar-refractivity contribution >= 4 is 5.91 Å². The highest BCUT2D eigenvalue weighted by atomic mass is 16.2. The first-order chi connectivity index (χ1) is 10.3. The number of carbonyl (C=O) groups is 1. The summed E-state index contributed by atoms with van der Waals surface area (Å²) in [6.45, 7) is 1.84. The molecule has 110 valence electrons. The molecule has 0 radical (unpaired) electrons. The first-order valence-electron chi connectivity index (χ1n) is 7.62. The van der Waals surface area contributed by atoms with Gasteiger partial charge in [0.15, 0.2) is 0 Å². The average Bonchev–Trinajstić information content (AvgIpc) is 3.08. The van der Waals surface area contributed by atoms with Crippen LogP contribution in [-0.2, 0) is 0 Å². The Bertz CT molecular complexity index is 576. The van der Waals surface area contributed by atoms with E-state index in [9.17, 15) is 4.79 Å². The van der Waals surface area contributed by atoms with Crippen molar-refractivity contribution in [3.8, 4) is 11.8 Å². The number of hydrogen-bond acceptors (Lipinski definition) is 3. The molecule has 1 aliphatic carbocycles. The van der Waals surface area contributed by atoms with Gasteiger partial charge < -0.3 is 10.0 Å². The Morgan fingerprint density at radius 2 is 2.10 bits per heavy atom. The molecule has 4 nitrogen and oxygen atoms in total. The number of rotatable bonds is 2. The molecule has 2 atom stereocenters. The van der Waals surface area contributed by atoms with Crippen LogP contribution in [0.1, 0.15) is 41.6 Å². The molecule has 1 amide bonds. The second-order valence-electron chi connectivity index (χ2n) is 5.90. The average molecular weight is 284 g/mol. The molecule has 0 bridgehead atoms. The molecule has 2 aliphatic rings. The van der Waals surface area contributed by atoms with Crippen molar-refractivity contribution in [3.05, 3.63) is 29.6 Å². The molecule has 1 saturated heterocycles. The first kappa shape index (κ1) is 14.1. The van der Waals surface area contributed by atoms with Crippen molar-refractivity contribution < 1.29 is 9.90 Å². The van der Waals surface area contributed by atoms with Gasteiger partial charge in [0.05, 0.1) is 12.2 Å². The molecule has 1 N–H and O–H groups in total. The molecule has 0 spiro atoms. The summed E-state index contributed by atoms with van der Waals surface area (Å²) in [5, 5.41) is 8.73. The van der Waals surface area contributed by atoms with E-state index in [1.54, 1.807) is 18.5 Å². The van der Waals surface area contributed by atoms with Gasteiger partial charge in [-0.15, -0.1) is 0 Å². The van der Waals surface area contributed by atoms with Gasteiger partial charge in [-0.2, -0.15) is 0 Å². The van der Waals surface area contributed by atoms with Crippen LogP contribution >= 0.6 is 0 Å². The molecule has 4 heteroatoms. The molecular weight excluding hydrogens is 264 g/mol. The van der Waals surface area contributed by atoms with Crippen molar-refractivity contribution in [2.75, 3.05) is 19.7 Å². The fourth-order valence-corrected chi connectivity index (χ4v) is 3.43. The minimum atomic E-state index is 0.0512. The molecule has 0 aromatic carbocycles. The van der Waals surface area contributed by atoms with E-state index in [0.717, 1.165) is 18.7 Å². The number of aromatic nitrogens is 1. The molecule has 21 heavy (non-hydrogen) atoms. The summed E-state index contributed by atoms with van der Waals surface area (Å²) in [6.07, 6.45) is 7.55. The monoisotopic (exact) mass is 284 g/mol. The first-order valence-corrected chi connectivity index (χ1v) is 7.62. The van der Waals surface area contributed by atoms with Crippen LogP contribution in [0.25, 0.3) is 0 Å². The van der Waals surface area contributed by atoms with Crippen molar-refractivity contribution in [2.45, 2.75) is 25.7 Å². The lowest BCUT2D eigenvalue weighted by Gasteiger charge is -2.17. The molecule has 1 aromatic rings. The van der Waals surface area contributed by atoms with Gasteiger partial charge in [-0.25, -0.2) is 0 Å². The van der Waals surface area contributed by atoms with Crippen LogP contribution in [0.3, 0.4) is 0 Å². The van der Waals surface area contributed by atoms with Crippen molar-refractivity contribution in [3.63, 3.8) is 0 Å². The highest BCUT2D eigenvalue weighted by molar-refractivity contribution is 5.94. The van der Waals surface area contributed by atoms with Crippen LogP contribution in [0.4, 0.5) is 0 Å². The van der Waals surface area contributed by atoms with E-state index in [-0.39, 0.29) is 12.5 Å². The van der Waals surface area contributed by atoms with Gasteiger partial charge in [-0.3, -0.25) is 9.78 Å². The van der Waals surface area contributed by atoms with Crippen LogP contribution in [0.2, 0.25) is 0 Å².